The zero-order valence-electron chi connectivity index (χ0n) is 8.58. The minimum absolute atomic E-state index is 0.137. The molecule has 6 heteroatoms. The molecule has 88 valence electrons. The molecule has 0 atom stereocenters. The van der Waals surface area contributed by atoms with E-state index in [1.807, 2.05) is 0 Å². The van der Waals surface area contributed by atoms with Gasteiger partial charge in [0, 0.05) is 0 Å². The van der Waals surface area contributed by atoms with Crippen LogP contribution < -0.4 is 0 Å². The minimum Gasteiger partial charge on any atom is -0.508 e. The number of carboxylic acid groups (broad SMARTS) is 1. The highest BCUT2D eigenvalue weighted by Crippen LogP contribution is 2.09. The number of esters is 1. The number of phenols is 1. The summed E-state index contributed by atoms with van der Waals surface area (Å²) in [6, 6.07) is 5.88. The number of phenolic OH excluding ortho intramolecular Hbond substituents is 1. The first-order valence-corrected chi connectivity index (χ1v) is 4.21. The normalized spacial score (nSPS) is 8.62. The lowest BCUT2D eigenvalue weighted by Crippen LogP contribution is -1.99. The summed E-state index contributed by atoms with van der Waals surface area (Å²) in [7, 11) is 1.31. The molecule has 1 aromatic carbocycles. The Morgan fingerprint density at radius 1 is 1.25 bits per heavy atom. The highest BCUT2D eigenvalue weighted by Gasteiger charge is 2.02. The first-order chi connectivity index (χ1) is 7.51. The van der Waals surface area contributed by atoms with Crippen molar-refractivity contribution in [1.29, 1.82) is 0 Å². The van der Waals surface area contributed by atoms with Crippen LogP contribution in [0.2, 0.25) is 0 Å². The number of aromatic hydroxyl groups is 1. The standard InChI is InChI=1S/C8H8O3.C2H4O3/c1-11-8(10)6-2-4-7(9)5-3-6;3-1-2(4)5/h2-5,9H,1H3;3H,1H2,(H,4,5). The third kappa shape index (κ3) is 5.61. The number of aliphatic hydroxyl groups excluding tert-OH is 1. The summed E-state index contributed by atoms with van der Waals surface area (Å²) >= 11 is 0. The second kappa shape index (κ2) is 7.24. The van der Waals surface area contributed by atoms with E-state index in [0.29, 0.717) is 5.56 Å². The van der Waals surface area contributed by atoms with Gasteiger partial charge >= 0.3 is 11.9 Å². The molecule has 0 saturated carbocycles. The zero-order valence-corrected chi connectivity index (χ0v) is 8.58. The van der Waals surface area contributed by atoms with E-state index in [1.54, 1.807) is 0 Å². The predicted molar refractivity (Wildman–Crippen MR) is 54.2 cm³/mol. The van der Waals surface area contributed by atoms with E-state index in [4.69, 9.17) is 20.1 Å². The van der Waals surface area contributed by atoms with Crippen molar-refractivity contribution < 1.29 is 29.6 Å². The van der Waals surface area contributed by atoms with Crippen LogP contribution in [-0.2, 0) is 9.53 Å². The number of aliphatic carboxylic acids is 1. The minimum atomic E-state index is -1.19. The van der Waals surface area contributed by atoms with E-state index in [9.17, 15) is 4.79 Å². The van der Waals surface area contributed by atoms with Gasteiger partial charge in [-0.1, -0.05) is 0 Å². The molecule has 0 aliphatic carbocycles. The van der Waals surface area contributed by atoms with Gasteiger partial charge in [0.1, 0.15) is 12.4 Å². The maximum atomic E-state index is 10.8. The van der Waals surface area contributed by atoms with Gasteiger partial charge in [0.15, 0.2) is 0 Å². The molecule has 16 heavy (non-hydrogen) atoms. The highest BCUT2D eigenvalue weighted by atomic mass is 16.5. The Morgan fingerprint density at radius 2 is 1.69 bits per heavy atom. The van der Waals surface area contributed by atoms with Crippen molar-refractivity contribution in [2.24, 2.45) is 0 Å². The summed E-state index contributed by atoms with van der Waals surface area (Å²) in [5.74, 6) is -1.45. The average Bonchev–Trinajstić information content (AvgIpc) is 2.29. The Bertz CT molecular complexity index is 343. The van der Waals surface area contributed by atoms with Crippen LogP contribution in [0.5, 0.6) is 5.75 Å². The topological polar surface area (TPSA) is 104 Å². The summed E-state index contributed by atoms with van der Waals surface area (Å²) in [4.78, 5) is 19.9. The summed E-state index contributed by atoms with van der Waals surface area (Å²) in [6.07, 6.45) is 0. The van der Waals surface area contributed by atoms with Crippen LogP contribution in [-0.4, -0.2) is 41.0 Å². The molecule has 0 bridgehead atoms. The van der Waals surface area contributed by atoms with Crippen molar-refractivity contribution in [3.05, 3.63) is 29.8 Å². The number of methoxy groups -OCH3 is 1. The largest absolute Gasteiger partial charge is 0.508 e. The van der Waals surface area contributed by atoms with Crippen molar-refractivity contribution in [3.8, 4) is 5.75 Å². The molecule has 0 amide bonds. The van der Waals surface area contributed by atoms with Gasteiger partial charge in [-0.15, -0.1) is 0 Å². The van der Waals surface area contributed by atoms with Gasteiger partial charge < -0.3 is 20.1 Å². The Hall–Kier alpha value is -2.08. The monoisotopic (exact) mass is 228 g/mol. The third-order valence-electron chi connectivity index (χ3n) is 1.42. The highest BCUT2D eigenvalue weighted by molar-refractivity contribution is 5.89. The fraction of sp³-hybridized carbons (Fsp3) is 0.200. The van der Waals surface area contributed by atoms with Gasteiger partial charge in [-0.05, 0) is 24.3 Å². The van der Waals surface area contributed by atoms with Crippen LogP contribution in [0.1, 0.15) is 10.4 Å². The molecule has 1 rings (SSSR count). The van der Waals surface area contributed by atoms with Gasteiger partial charge in [-0.3, -0.25) is 0 Å². The van der Waals surface area contributed by atoms with E-state index in [2.05, 4.69) is 4.74 Å². The molecule has 0 aliphatic heterocycles. The Morgan fingerprint density at radius 3 is 2.00 bits per heavy atom. The van der Waals surface area contributed by atoms with E-state index in [0.717, 1.165) is 0 Å². The van der Waals surface area contributed by atoms with Gasteiger partial charge in [0.2, 0.25) is 0 Å². The molecule has 1 aromatic rings. The smallest absolute Gasteiger partial charge is 0.337 e. The number of hydrogen-bond acceptors (Lipinski definition) is 5. The molecule has 0 unspecified atom stereocenters. The summed E-state index contributed by atoms with van der Waals surface area (Å²) in [5, 5.41) is 23.9. The lowest BCUT2D eigenvalue weighted by molar-refractivity contribution is -0.140. The van der Waals surface area contributed by atoms with Crippen LogP contribution in [0.4, 0.5) is 0 Å². The van der Waals surface area contributed by atoms with Crippen molar-refractivity contribution >= 4 is 11.9 Å². The Kier molecular flexibility index (Phi) is 6.30. The first kappa shape index (κ1) is 13.9. The fourth-order valence-electron chi connectivity index (χ4n) is 0.715. The number of carbonyl (C=O) groups excluding carboxylic acids is 1. The second-order valence-electron chi connectivity index (χ2n) is 2.59. The quantitative estimate of drug-likeness (QED) is 0.626. The molecule has 0 saturated heterocycles. The Balaban J connectivity index is 0.000000385. The molecule has 0 spiro atoms. The maximum Gasteiger partial charge on any atom is 0.337 e. The number of aliphatic hydroxyl groups is 1. The SMILES string of the molecule is COC(=O)c1ccc(O)cc1.O=C(O)CO. The first-order valence-electron chi connectivity index (χ1n) is 4.21. The van der Waals surface area contributed by atoms with Crippen LogP contribution in [0.15, 0.2) is 24.3 Å². The number of benzene rings is 1. The second-order valence-corrected chi connectivity index (χ2v) is 2.59. The molecule has 0 radical (unpaired) electrons. The number of carboxylic acids is 1. The van der Waals surface area contributed by atoms with E-state index >= 15 is 0 Å². The molecule has 0 fully saturated rings. The van der Waals surface area contributed by atoms with Crippen molar-refractivity contribution in [3.63, 3.8) is 0 Å². The van der Waals surface area contributed by atoms with Gasteiger partial charge in [-0.25, -0.2) is 9.59 Å². The predicted octanol–water partition coefficient (Wildman–Crippen LogP) is 0.242. The third-order valence-corrected chi connectivity index (χ3v) is 1.42. The summed E-state index contributed by atoms with van der Waals surface area (Å²) < 4.78 is 4.46. The molecule has 0 aliphatic rings. The van der Waals surface area contributed by atoms with Crippen LogP contribution in [0.25, 0.3) is 0 Å². The molecular weight excluding hydrogens is 216 g/mol. The van der Waals surface area contributed by atoms with Crippen molar-refractivity contribution in [2.75, 3.05) is 13.7 Å². The van der Waals surface area contributed by atoms with Gasteiger partial charge in [-0.2, -0.15) is 0 Å². The zero-order chi connectivity index (χ0) is 12.6. The van der Waals surface area contributed by atoms with Crippen LogP contribution in [0.3, 0.4) is 0 Å². The van der Waals surface area contributed by atoms with Crippen molar-refractivity contribution in [2.45, 2.75) is 0 Å². The van der Waals surface area contributed by atoms with Gasteiger partial charge in [0.05, 0.1) is 12.7 Å². The fourth-order valence-corrected chi connectivity index (χ4v) is 0.715. The van der Waals surface area contributed by atoms with Gasteiger partial charge in [0.25, 0.3) is 0 Å². The lowest BCUT2D eigenvalue weighted by Gasteiger charge is -1.97. The number of carbonyl (C=O) groups is 2. The Labute approximate surface area is 91.7 Å². The van der Waals surface area contributed by atoms with Crippen LogP contribution >= 0.6 is 0 Å². The lowest BCUT2D eigenvalue weighted by atomic mass is 10.2. The van der Waals surface area contributed by atoms with Crippen molar-refractivity contribution in [1.82, 2.24) is 0 Å². The summed E-state index contributed by atoms with van der Waals surface area (Å²) in [5.41, 5.74) is 0.435. The van der Waals surface area contributed by atoms with E-state index in [-0.39, 0.29) is 5.75 Å². The number of rotatable bonds is 2. The number of hydrogen-bond donors (Lipinski definition) is 3. The average molecular weight is 228 g/mol. The van der Waals surface area contributed by atoms with E-state index < -0.39 is 18.5 Å². The molecule has 0 heterocycles. The molecular formula is C10H12O6. The maximum absolute atomic E-state index is 10.8. The molecule has 0 aromatic heterocycles. The summed E-state index contributed by atoms with van der Waals surface area (Å²) in [6.45, 7) is -0.778. The molecule has 3 N–H and O–H groups in total. The number of ether oxygens (including phenoxy) is 1. The molecule has 6 nitrogen and oxygen atoms in total. The van der Waals surface area contributed by atoms with Crippen LogP contribution in [0, 0.1) is 0 Å². The van der Waals surface area contributed by atoms with E-state index in [1.165, 1.54) is 31.4 Å².